The third kappa shape index (κ3) is 3.45. The molecular formula is C20H17N7O3. The number of aromatic nitrogens is 5. The maximum atomic E-state index is 11.8. The van der Waals surface area contributed by atoms with Gasteiger partial charge in [-0.1, -0.05) is 17.0 Å². The van der Waals surface area contributed by atoms with E-state index in [1.165, 1.54) is 17.8 Å². The number of hydrogen-bond acceptors (Lipinski definition) is 8. The number of aryl methyl sites for hydroxylation is 1. The Morgan fingerprint density at radius 2 is 2.10 bits per heavy atom. The van der Waals surface area contributed by atoms with Crippen LogP contribution < -0.4 is 11.5 Å². The second kappa shape index (κ2) is 6.98. The van der Waals surface area contributed by atoms with Crippen LogP contribution in [0.5, 0.6) is 0 Å². The molecule has 0 fully saturated rings. The summed E-state index contributed by atoms with van der Waals surface area (Å²) in [5.41, 5.74) is 11.2. The molecule has 4 rings (SSSR count). The van der Waals surface area contributed by atoms with Crippen LogP contribution in [0.15, 0.2) is 41.1 Å². The van der Waals surface area contributed by atoms with Crippen molar-refractivity contribution >= 4 is 22.8 Å². The standard InChI is InChI=1S/C20H17N7O3/c1-11-9-15(26-30-11)20(2,29)7-5-12-3-4-13-14(10-12)27(25-17(13)18(21)28)16-6-8-23-19(22)24-16/h3-4,6,8-10,29H,1-2H3,(H2,21,28)(H2,22,23,24)/t20-/m1/s1. The molecule has 5 N–H and O–H groups in total. The lowest BCUT2D eigenvalue weighted by Gasteiger charge is -2.11. The van der Waals surface area contributed by atoms with E-state index < -0.39 is 11.5 Å². The summed E-state index contributed by atoms with van der Waals surface area (Å²) in [5, 5.41) is 19.2. The van der Waals surface area contributed by atoms with Crippen molar-refractivity contribution < 1.29 is 14.4 Å². The van der Waals surface area contributed by atoms with Crippen molar-refractivity contribution in [2.24, 2.45) is 5.73 Å². The van der Waals surface area contributed by atoms with Crippen molar-refractivity contribution in [2.75, 3.05) is 5.73 Å². The van der Waals surface area contributed by atoms with Crippen molar-refractivity contribution in [3.63, 3.8) is 0 Å². The van der Waals surface area contributed by atoms with Crippen molar-refractivity contribution in [2.45, 2.75) is 19.4 Å². The SMILES string of the molecule is Cc1cc([C@](C)(O)C#Cc2ccc3c(C(N)=O)nn(-c4ccnc(N)n4)c3c2)no1. The highest BCUT2D eigenvalue weighted by atomic mass is 16.5. The Kier molecular flexibility index (Phi) is 4.45. The maximum Gasteiger partial charge on any atom is 0.269 e. The van der Waals surface area contributed by atoms with E-state index in [0.717, 1.165) is 0 Å². The monoisotopic (exact) mass is 403 g/mol. The Hall–Kier alpha value is -4.23. The van der Waals surface area contributed by atoms with Crippen LogP contribution in [0.4, 0.5) is 5.95 Å². The van der Waals surface area contributed by atoms with E-state index in [1.807, 2.05) is 0 Å². The number of amides is 1. The number of aliphatic hydroxyl groups is 1. The summed E-state index contributed by atoms with van der Waals surface area (Å²) in [4.78, 5) is 19.8. The summed E-state index contributed by atoms with van der Waals surface area (Å²) in [6.07, 6.45) is 1.48. The molecule has 0 bridgehead atoms. The van der Waals surface area contributed by atoms with Crippen molar-refractivity contribution in [3.8, 4) is 17.7 Å². The fourth-order valence-corrected chi connectivity index (χ4v) is 2.88. The molecule has 3 aromatic heterocycles. The van der Waals surface area contributed by atoms with Gasteiger partial charge in [0.05, 0.1) is 5.52 Å². The Morgan fingerprint density at radius 1 is 1.30 bits per heavy atom. The lowest BCUT2D eigenvalue weighted by Crippen LogP contribution is -2.18. The highest BCUT2D eigenvalue weighted by Crippen LogP contribution is 2.24. The molecule has 1 atom stereocenters. The van der Waals surface area contributed by atoms with Crippen LogP contribution in [0.1, 0.15) is 34.4 Å². The zero-order chi connectivity index (χ0) is 21.5. The van der Waals surface area contributed by atoms with Crippen LogP contribution in [0.3, 0.4) is 0 Å². The predicted molar refractivity (Wildman–Crippen MR) is 107 cm³/mol. The number of fused-ring (bicyclic) bond motifs is 1. The molecule has 0 saturated carbocycles. The lowest BCUT2D eigenvalue weighted by atomic mass is 10.0. The highest BCUT2D eigenvalue weighted by Gasteiger charge is 2.24. The first-order valence-corrected chi connectivity index (χ1v) is 8.85. The molecule has 10 nitrogen and oxygen atoms in total. The van der Waals surface area contributed by atoms with Crippen molar-refractivity contribution in [1.82, 2.24) is 24.9 Å². The topological polar surface area (TPSA) is 159 Å². The third-order valence-corrected chi connectivity index (χ3v) is 4.37. The highest BCUT2D eigenvalue weighted by molar-refractivity contribution is 6.04. The van der Waals surface area contributed by atoms with Crippen LogP contribution in [0.25, 0.3) is 16.7 Å². The Bertz CT molecular complexity index is 1340. The van der Waals surface area contributed by atoms with E-state index in [-0.39, 0.29) is 11.6 Å². The van der Waals surface area contributed by atoms with Gasteiger partial charge < -0.3 is 21.1 Å². The van der Waals surface area contributed by atoms with Gasteiger partial charge in [0.1, 0.15) is 11.5 Å². The van der Waals surface area contributed by atoms with Gasteiger partial charge in [-0.15, -0.1) is 0 Å². The van der Waals surface area contributed by atoms with Gasteiger partial charge in [0.15, 0.2) is 17.1 Å². The first kappa shape index (κ1) is 19.1. The van der Waals surface area contributed by atoms with Crippen molar-refractivity contribution in [1.29, 1.82) is 0 Å². The molecule has 10 heteroatoms. The molecule has 0 aliphatic heterocycles. The van der Waals surface area contributed by atoms with Gasteiger partial charge in [-0.05, 0) is 32.0 Å². The summed E-state index contributed by atoms with van der Waals surface area (Å²) < 4.78 is 6.45. The lowest BCUT2D eigenvalue weighted by molar-refractivity contribution is 0.0996. The minimum absolute atomic E-state index is 0.0617. The smallest absolute Gasteiger partial charge is 0.269 e. The number of nitrogens with two attached hydrogens (primary N) is 2. The minimum atomic E-state index is -1.51. The van der Waals surface area contributed by atoms with Gasteiger partial charge in [-0.2, -0.15) is 10.1 Å². The number of carbonyl (C=O) groups excluding carboxylic acids is 1. The van der Waals surface area contributed by atoms with Crippen LogP contribution in [-0.2, 0) is 5.60 Å². The Morgan fingerprint density at radius 3 is 2.77 bits per heavy atom. The van der Waals surface area contributed by atoms with Gasteiger partial charge in [-0.25, -0.2) is 9.67 Å². The summed E-state index contributed by atoms with van der Waals surface area (Å²) >= 11 is 0. The normalized spacial score (nSPS) is 12.9. The fraction of sp³-hybridized carbons (Fsp3) is 0.150. The number of hydrogen-bond donors (Lipinski definition) is 3. The molecule has 0 aliphatic rings. The molecule has 0 unspecified atom stereocenters. The number of benzene rings is 1. The zero-order valence-corrected chi connectivity index (χ0v) is 16.1. The summed E-state index contributed by atoms with van der Waals surface area (Å²) in [6.45, 7) is 3.25. The van der Waals surface area contributed by atoms with Gasteiger partial charge in [-0.3, -0.25) is 4.79 Å². The molecule has 4 aromatic rings. The minimum Gasteiger partial charge on any atom is -0.372 e. The number of carbonyl (C=O) groups is 1. The van der Waals surface area contributed by atoms with Crippen LogP contribution in [0, 0.1) is 18.8 Å². The quantitative estimate of drug-likeness (QED) is 0.428. The largest absolute Gasteiger partial charge is 0.372 e. The zero-order valence-electron chi connectivity index (χ0n) is 16.1. The van der Waals surface area contributed by atoms with Gasteiger partial charge in [0.2, 0.25) is 5.95 Å². The molecule has 30 heavy (non-hydrogen) atoms. The number of nitrogens with zero attached hydrogens (tertiary/aromatic N) is 5. The van der Waals surface area contributed by atoms with E-state index >= 15 is 0 Å². The molecule has 0 saturated heterocycles. The number of rotatable bonds is 3. The number of nitrogen functional groups attached to an aromatic ring is 1. The predicted octanol–water partition coefficient (Wildman–Crippen LogP) is 1.05. The number of anilines is 1. The molecule has 0 spiro atoms. The maximum absolute atomic E-state index is 11.8. The third-order valence-electron chi connectivity index (χ3n) is 4.37. The molecule has 1 aromatic carbocycles. The summed E-state index contributed by atoms with van der Waals surface area (Å²) in [7, 11) is 0. The molecule has 3 heterocycles. The van der Waals surface area contributed by atoms with E-state index in [2.05, 4.69) is 32.1 Å². The van der Waals surface area contributed by atoms with E-state index in [4.69, 9.17) is 16.0 Å². The average Bonchev–Trinajstić information content (AvgIpc) is 3.30. The first-order valence-electron chi connectivity index (χ1n) is 8.85. The first-order chi connectivity index (χ1) is 14.2. The molecule has 150 valence electrons. The second-order valence-corrected chi connectivity index (χ2v) is 6.77. The summed E-state index contributed by atoms with van der Waals surface area (Å²) in [5.74, 6) is 6.03. The molecule has 1 amide bonds. The van der Waals surface area contributed by atoms with E-state index in [0.29, 0.717) is 33.7 Å². The molecular weight excluding hydrogens is 386 g/mol. The second-order valence-electron chi connectivity index (χ2n) is 6.77. The van der Waals surface area contributed by atoms with Gasteiger partial charge >= 0.3 is 0 Å². The summed E-state index contributed by atoms with van der Waals surface area (Å²) in [6, 6.07) is 8.31. The number of primary amides is 1. The fourth-order valence-electron chi connectivity index (χ4n) is 2.88. The van der Waals surface area contributed by atoms with Crippen LogP contribution in [0.2, 0.25) is 0 Å². The Balaban J connectivity index is 1.83. The molecule has 0 radical (unpaired) electrons. The van der Waals surface area contributed by atoms with E-state index in [1.54, 1.807) is 37.3 Å². The molecule has 0 aliphatic carbocycles. The van der Waals surface area contributed by atoms with Crippen LogP contribution in [-0.4, -0.2) is 35.9 Å². The van der Waals surface area contributed by atoms with Crippen LogP contribution >= 0.6 is 0 Å². The Labute approximate surface area is 170 Å². The average molecular weight is 403 g/mol. The van der Waals surface area contributed by atoms with E-state index in [9.17, 15) is 9.90 Å². The van der Waals surface area contributed by atoms with Gasteiger partial charge in [0, 0.05) is 29.3 Å². The van der Waals surface area contributed by atoms with Crippen molar-refractivity contribution in [3.05, 3.63) is 59.2 Å². The van der Waals surface area contributed by atoms with Gasteiger partial charge in [0.25, 0.3) is 5.91 Å².